The van der Waals surface area contributed by atoms with Gasteiger partial charge in [0.1, 0.15) is 0 Å². The molecule has 0 aromatic heterocycles. The van der Waals surface area contributed by atoms with Crippen LogP contribution in [-0.4, -0.2) is 21.1 Å². The molecular weight excluding hydrogens is 240 g/mol. The maximum Gasteiger partial charge on any atom is 0.448 e. The SMILES string of the molecule is CCCCO[Si](Cl)(OCCCC)C(C)(C)C. The molecule has 0 rings (SSSR count). The summed E-state index contributed by atoms with van der Waals surface area (Å²) < 4.78 is 11.7. The first-order valence-electron chi connectivity index (χ1n) is 6.34. The van der Waals surface area contributed by atoms with Crippen molar-refractivity contribution in [2.45, 2.75) is 65.3 Å². The van der Waals surface area contributed by atoms with Crippen LogP contribution in [0.15, 0.2) is 0 Å². The number of hydrogen-bond donors (Lipinski definition) is 0. The highest BCUT2D eigenvalue weighted by Gasteiger charge is 2.48. The summed E-state index contributed by atoms with van der Waals surface area (Å²) in [7, 11) is -2.55. The second kappa shape index (κ2) is 7.70. The van der Waals surface area contributed by atoms with Crippen molar-refractivity contribution in [1.82, 2.24) is 0 Å². The molecule has 0 amide bonds. The lowest BCUT2D eigenvalue weighted by Gasteiger charge is -2.35. The first kappa shape index (κ1) is 16.4. The molecule has 0 aliphatic rings. The van der Waals surface area contributed by atoms with Gasteiger partial charge >= 0.3 is 7.87 Å². The molecule has 0 spiro atoms. The Bertz CT molecular complexity index is 170. The lowest BCUT2D eigenvalue weighted by atomic mass is 10.3. The summed E-state index contributed by atoms with van der Waals surface area (Å²) in [5, 5.41) is -0.0873. The Hall–Kier alpha value is 0.427. The summed E-state index contributed by atoms with van der Waals surface area (Å²) in [6.45, 7) is 12.0. The van der Waals surface area contributed by atoms with Crippen molar-refractivity contribution >= 4 is 18.9 Å². The van der Waals surface area contributed by atoms with Crippen LogP contribution in [0.25, 0.3) is 0 Å². The largest absolute Gasteiger partial charge is 0.448 e. The van der Waals surface area contributed by atoms with E-state index in [-0.39, 0.29) is 5.04 Å². The molecule has 0 saturated carbocycles. The Morgan fingerprint density at radius 3 is 1.56 bits per heavy atom. The van der Waals surface area contributed by atoms with Crippen LogP contribution < -0.4 is 0 Å². The number of unbranched alkanes of at least 4 members (excludes halogenated alkanes) is 2. The molecule has 4 heteroatoms. The maximum atomic E-state index is 6.58. The molecule has 0 radical (unpaired) electrons. The minimum Gasteiger partial charge on any atom is -0.383 e. The van der Waals surface area contributed by atoms with Crippen molar-refractivity contribution in [2.75, 3.05) is 13.2 Å². The van der Waals surface area contributed by atoms with Crippen molar-refractivity contribution in [3.8, 4) is 0 Å². The van der Waals surface area contributed by atoms with Crippen molar-refractivity contribution in [1.29, 1.82) is 0 Å². The second-order valence-corrected chi connectivity index (χ2v) is 9.83. The van der Waals surface area contributed by atoms with Gasteiger partial charge < -0.3 is 8.85 Å². The highest BCUT2D eigenvalue weighted by Crippen LogP contribution is 2.40. The van der Waals surface area contributed by atoms with E-state index in [0.29, 0.717) is 0 Å². The first-order valence-corrected chi connectivity index (χ1v) is 9.17. The molecule has 0 aromatic rings. The van der Waals surface area contributed by atoms with E-state index in [1.54, 1.807) is 0 Å². The van der Waals surface area contributed by atoms with Crippen molar-refractivity contribution in [2.24, 2.45) is 0 Å². The molecule has 0 saturated heterocycles. The zero-order valence-corrected chi connectivity index (χ0v) is 13.2. The van der Waals surface area contributed by atoms with Gasteiger partial charge in [-0.15, -0.1) is 0 Å². The fraction of sp³-hybridized carbons (Fsp3) is 1.00. The molecular formula is C12H27ClO2Si. The predicted molar refractivity (Wildman–Crippen MR) is 73.0 cm³/mol. The van der Waals surface area contributed by atoms with Crippen LogP contribution in [0, 0.1) is 0 Å². The van der Waals surface area contributed by atoms with E-state index in [0.717, 1.165) is 38.9 Å². The van der Waals surface area contributed by atoms with Gasteiger partial charge in [-0.05, 0) is 12.8 Å². The van der Waals surface area contributed by atoms with Gasteiger partial charge in [-0.2, -0.15) is 0 Å². The minimum absolute atomic E-state index is 0.0873. The molecule has 0 N–H and O–H groups in total. The van der Waals surface area contributed by atoms with Gasteiger partial charge in [0.25, 0.3) is 0 Å². The highest BCUT2D eigenvalue weighted by atomic mass is 35.6. The zero-order chi connectivity index (χ0) is 12.7. The lowest BCUT2D eigenvalue weighted by Crippen LogP contribution is -2.45. The van der Waals surface area contributed by atoms with Crippen LogP contribution in [0.5, 0.6) is 0 Å². The van der Waals surface area contributed by atoms with E-state index in [9.17, 15) is 0 Å². The summed E-state index contributed by atoms with van der Waals surface area (Å²) in [6.07, 6.45) is 4.35. The number of halogens is 1. The average molecular weight is 267 g/mol. The normalized spacial score (nSPS) is 13.1. The van der Waals surface area contributed by atoms with Gasteiger partial charge in [0.15, 0.2) is 0 Å². The molecule has 2 nitrogen and oxygen atoms in total. The average Bonchev–Trinajstić information content (AvgIpc) is 2.17. The fourth-order valence-electron chi connectivity index (χ4n) is 1.17. The molecule has 0 aromatic carbocycles. The molecule has 0 unspecified atom stereocenters. The first-order chi connectivity index (χ1) is 7.37. The third-order valence-corrected chi connectivity index (χ3v) is 7.77. The van der Waals surface area contributed by atoms with Crippen LogP contribution in [-0.2, 0) is 8.85 Å². The summed E-state index contributed by atoms with van der Waals surface area (Å²) in [6, 6.07) is 0. The summed E-state index contributed by atoms with van der Waals surface area (Å²) >= 11 is 6.58. The smallest absolute Gasteiger partial charge is 0.383 e. The van der Waals surface area contributed by atoms with Gasteiger partial charge in [0.05, 0.1) is 0 Å². The fourth-order valence-corrected chi connectivity index (χ4v) is 3.40. The lowest BCUT2D eigenvalue weighted by molar-refractivity contribution is 0.163. The quantitative estimate of drug-likeness (QED) is 0.363. The molecule has 98 valence electrons. The van der Waals surface area contributed by atoms with Crippen molar-refractivity contribution in [3.63, 3.8) is 0 Å². The maximum absolute atomic E-state index is 6.58. The Balaban J connectivity index is 4.26. The van der Waals surface area contributed by atoms with Crippen molar-refractivity contribution < 1.29 is 8.85 Å². The van der Waals surface area contributed by atoms with E-state index in [1.165, 1.54) is 0 Å². The van der Waals surface area contributed by atoms with Crippen LogP contribution >= 0.6 is 11.1 Å². The second-order valence-electron chi connectivity index (χ2n) is 5.19. The van der Waals surface area contributed by atoms with Crippen molar-refractivity contribution in [3.05, 3.63) is 0 Å². The van der Waals surface area contributed by atoms with E-state index < -0.39 is 7.87 Å². The predicted octanol–water partition coefficient (Wildman–Crippen LogP) is 4.60. The molecule has 0 aliphatic carbocycles. The summed E-state index contributed by atoms with van der Waals surface area (Å²) in [4.78, 5) is 0. The Labute approximate surface area is 107 Å². The van der Waals surface area contributed by atoms with Gasteiger partial charge in [-0.25, -0.2) is 0 Å². The Morgan fingerprint density at radius 1 is 0.938 bits per heavy atom. The molecule has 0 heterocycles. The zero-order valence-electron chi connectivity index (χ0n) is 11.4. The minimum atomic E-state index is -2.55. The molecule has 0 aliphatic heterocycles. The number of rotatable bonds is 8. The Morgan fingerprint density at radius 2 is 1.31 bits per heavy atom. The molecule has 0 bridgehead atoms. The highest BCUT2D eigenvalue weighted by molar-refractivity contribution is 7.14. The molecule has 0 atom stereocenters. The monoisotopic (exact) mass is 266 g/mol. The van der Waals surface area contributed by atoms with E-state index in [4.69, 9.17) is 19.9 Å². The van der Waals surface area contributed by atoms with E-state index in [1.807, 2.05) is 0 Å². The van der Waals surface area contributed by atoms with E-state index >= 15 is 0 Å². The van der Waals surface area contributed by atoms with Gasteiger partial charge in [-0.1, -0.05) is 58.5 Å². The topological polar surface area (TPSA) is 18.5 Å². The standard InChI is InChI=1S/C12H27ClO2Si/c1-6-8-10-14-16(13,12(3,4)5)15-11-9-7-2/h6-11H2,1-5H3. The van der Waals surface area contributed by atoms with Crippen LogP contribution in [0.4, 0.5) is 0 Å². The van der Waals surface area contributed by atoms with Crippen LogP contribution in [0.1, 0.15) is 60.3 Å². The molecule has 0 fully saturated rings. The van der Waals surface area contributed by atoms with Gasteiger partial charge in [-0.3, -0.25) is 0 Å². The van der Waals surface area contributed by atoms with Gasteiger partial charge in [0, 0.05) is 18.3 Å². The molecule has 16 heavy (non-hydrogen) atoms. The summed E-state index contributed by atoms with van der Waals surface area (Å²) in [5.41, 5.74) is 0. The third kappa shape index (κ3) is 5.67. The summed E-state index contributed by atoms with van der Waals surface area (Å²) in [5.74, 6) is 0. The third-order valence-electron chi connectivity index (χ3n) is 2.47. The van der Waals surface area contributed by atoms with Crippen LogP contribution in [0.2, 0.25) is 5.04 Å². The number of hydrogen-bond acceptors (Lipinski definition) is 2. The van der Waals surface area contributed by atoms with Gasteiger partial charge in [0.2, 0.25) is 0 Å². The van der Waals surface area contributed by atoms with Crippen LogP contribution in [0.3, 0.4) is 0 Å². The Kier molecular flexibility index (Phi) is 7.90. The van der Waals surface area contributed by atoms with E-state index in [2.05, 4.69) is 34.6 Å².